The summed E-state index contributed by atoms with van der Waals surface area (Å²) in [6.45, 7) is 1.99. The Balaban J connectivity index is 1.47. The molecule has 0 radical (unpaired) electrons. The molecule has 5 rings (SSSR count). The number of rotatable bonds is 6. The molecule has 4 aromatic heterocycles. The molecule has 2 atom stereocenters. The van der Waals surface area contributed by atoms with Crippen LogP contribution in [0.15, 0.2) is 61.2 Å². The zero-order valence-corrected chi connectivity index (χ0v) is 18.3. The summed E-state index contributed by atoms with van der Waals surface area (Å²) in [5.74, 6) is 0.115. The fourth-order valence-corrected chi connectivity index (χ4v) is 3.96. The lowest BCUT2D eigenvalue weighted by molar-refractivity contribution is 0.117. The molecule has 0 saturated heterocycles. The standard InChI is InChI=1S/C24H24N8O/c1-14(22(33)15-6-4-3-5-7-15)8-17-9-19(31-24(25)29-17)18-11-26-23-21(18)30-20(12-27-23)16-10-28-32(2)13-16/h3-7,9-14,22,33H,8H2,1-2H3,(H,26,27)(H2,25,29,31). The second-order valence-electron chi connectivity index (χ2n) is 8.20. The minimum absolute atomic E-state index is 0.0607. The SMILES string of the molecule is CC(Cc1cc(-c2c[nH]c3ncc(-c4cnn(C)c4)nc23)nc(N)n1)C(O)c1ccccc1. The highest BCUT2D eigenvalue weighted by molar-refractivity contribution is 5.90. The van der Waals surface area contributed by atoms with Crippen molar-refractivity contribution in [2.24, 2.45) is 13.0 Å². The van der Waals surface area contributed by atoms with Crippen LogP contribution in [0.5, 0.6) is 0 Å². The van der Waals surface area contributed by atoms with Crippen LogP contribution in [0.25, 0.3) is 33.7 Å². The number of H-pyrrole nitrogens is 1. The number of fused-ring (bicyclic) bond motifs is 1. The van der Waals surface area contributed by atoms with E-state index in [0.29, 0.717) is 23.3 Å². The van der Waals surface area contributed by atoms with Crippen LogP contribution in [0.4, 0.5) is 5.95 Å². The summed E-state index contributed by atoms with van der Waals surface area (Å²) in [6, 6.07) is 11.5. The molecule has 1 aromatic carbocycles. The second-order valence-corrected chi connectivity index (χ2v) is 8.20. The molecule has 0 aliphatic heterocycles. The van der Waals surface area contributed by atoms with E-state index in [1.54, 1.807) is 17.1 Å². The van der Waals surface area contributed by atoms with Crippen molar-refractivity contribution in [3.8, 4) is 22.5 Å². The Kier molecular flexibility index (Phi) is 5.31. The number of hydrogen-bond acceptors (Lipinski definition) is 7. The first-order valence-corrected chi connectivity index (χ1v) is 10.7. The van der Waals surface area contributed by atoms with Crippen LogP contribution in [-0.2, 0) is 13.5 Å². The van der Waals surface area contributed by atoms with Gasteiger partial charge in [-0.05, 0) is 24.0 Å². The van der Waals surface area contributed by atoms with Gasteiger partial charge in [-0.15, -0.1) is 0 Å². The highest BCUT2D eigenvalue weighted by atomic mass is 16.3. The van der Waals surface area contributed by atoms with Crippen LogP contribution in [0.2, 0.25) is 0 Å². The van der Waals surface area contributed by atoms with E-state index in [2.05, 4.69) is 25.0 Å². The Labute approximate surface area is 190 Å². The van der Waals surface area contributed by atoms with Crippen LogP contribution in [-0.4, -0.2) is 39.8 Å². The van der Waals surface area contributed by atoms with Crippen molar-refractivity contribution < 1.29 is 5.11 Å². The van der Waals surface area contributed by atoms with E-state index in [1.165, 1.54) is 0 Å². The first-order chi connectivity index (χ1) is 16.0. The third kappa shape index (κ3) is 4.18. The van der Waals surface area contributed by atoms with Crippen molar-refractivity contribution in [1.82, 2.24) is 34.7 Å². The number of nitrogen functional groups attached to an aromatic ring is 1. The lowest BCUT2D eigenvalue weighted by Crippen LogP contribution is -2.13. The summed E-state index contributed by atoms with van der Waals surface area (Å²) in [4.78, 5) is 21.3. The van der Waals surface area contributed by atoms with E-state index in [9.17, 15) is 5.11 Å². The molecule has 0 spiro atoms. The van der Waals surface area contributed by atoms with Gasteiger partial charge in [-0.3, -0.25) is 4.68 Å². The van der Waals surface area contributed by atoms with Crippen molar-refractivity contribution in [1.29, 1.82) is 0 Å². The quantitative estimate of drug-likeness (QED) is 0.369. The van der Waals surface area contributed by atoms with E-state index >= 15 is 0 Å². The highest BCUT2D eigenvalue weighted by Crippen LogP contribution is 2.30. The van der Waals surface area contributed by atoms with Gasteiger partial charge in [0.25, 0.3) is 0 Å². The number of aromatic amines is 1. The summed E-state index contributed by atoms with van der Waals surface area (Å²) in [5, 5.41) is 15.0. The number of aliphatic hydroxyl groups is 1. The molecular weight excluding hydrogens is 416 g/mol. The highest BCUT2D eigenvalue weighted by Gasteiger charge is 2.19. The lowest BCUT2D eigenvalue weighted by Gasteiger charge is -2.19. The number of hydrogen-bond donors (Lipinski definition) is 3. The number of benzene rings is 1. The predicted octanol–water partition coefficient (Wildman–Crippen LogP) is 3.31. The number of aromatic nitrogens is 7. The molecule has 0 saturated carbocycles. The fourth-order valence-electron chi connectivity index (χ4n) is 3.96. The average molecular weight is 441 g/mol. The first-order valence-electron chi connectivity index (χ1n) is 10.7. The van der Waals surface area contributed by atoms with Gasteiger partial charge >= 0.3 is 0 Å². The summed E-state index contributed by atoms with van der Waals surface area (Å²) in [7, 11) is 1.86. The molecule has 33 heavy (non-hydrogen) atoms. The smallest absolute Gasteiger partial charge is 0.220 e. The zero-order chi connectivity index (χ0) is 22.9. The molecular formula is C24H24N8O. The summed E-state index contributed by atoms with van der Waals surface area (Å²) in [6.07, 6.45) is 7.12. The zero-order valence-electron chi connectivity index (χ0n) is 18.3. The average Bonchev–Trinajstić information content (AvgIpc) is 3.44. The van der Waals surface area contributed by atoms with E-state index in [1.807, 2.05) is 62.8 Å². The van der Waals surface area contributed by atoms with Gasteiger partial charge in [0.2, 0.25) is 5.95 Å². The summed E-state index contributed by atoms with van der Waals surface area (Å²) in [5.41, 5.74) is 12.1. The fraction of sp³-hybridized carbons (Fsp3) is 0.208. The van der Waals surface area contributed by atoms with Gasteiger partial charge < -0.3 is 15.8 Å². The molecule has 0 aliphatic rings. The van der Waals surface area contributed by atoms with Gasteiger partial charge in [-0.2, -0.15) is 5.10 Å². The van der Waals surface area contributed by atoms with E-state index in [0.717, 1.165) is 28.1 Å². The maximum atomic E-state index is 10.8. The van der Waals surface area contributed by atoms with Crippen molar-refractivity contribution in [2.75, 3.05) is 5.73 Å². The first kappa shape index (κ1) is 20.8. The third-order valence-corrected chi connectivity index (χ3v) is 5.67. The Hall–Kier alpha value is -4.11. The van der Waals surface area contributed by atoms with Gasteiger partial charge in [0.1, 0.15) is 5.52 Å². The largest absolute Gasteiger partial charge is 0.388 e. The lowest BCUT2D eigenvalue weighted by atomic mass is 9.93. The number of nitrogens with zero attached hydrogens (tertiary/aromatic N) is 6. The van der Waals surface area contributed by atoms with Gasteiger partial charge in [0.05, 0.1) is 29.9 Å². The van der Waals surface area contributed by atoms with Gasteiger partial charge in [0.15, 0.2) is 5.65 Å². The van der Waals surface area contributed by atoms with Gasteiger partial charge in [-0.25, -0.2) is 19.9 Å². The van der Waals surface area contributed by atoms with Crippen LogP contribution in [0, 0.1) is 5.92 Å². The van der Waals surface area contributed by atoms with Crippen LogP contribution in [0.1, 0.15) is 24.3 Å². The van der Waals surface area contributed by atoms with E-state index < -0.39 is 6.10 Å². The molecule has 0 amide bonds. The van der Waals surface area contributed by atoms with Crippen LogP contribution in [0.3, 0.4) is 0 Å². The molecule has 9 heteroatoms. The molecule has 5 aromatic rings. The number of anilines is 1. The van der Waals surface area contributed by atoms with Crippen molar-refractivity contribution in [3.63, 3.8) is 0 Å². The number of nitrogens with one attached hydrogen (secondary N) is 1. The Bertz CT molecular complexity index is 1410. The van der Waals surface area contributed by atoms with E-state index in [-0.39, 0.29) is 11.9 Å². The van der Waals surface area contributed by atoms with Crippen LogP contribution < -0.4 is 5.73 Å². The topological polar surface area (TPSA) is 131 Å². The number of nitrogens with two attached hydrogens (primary N) is 1. The molecule has 4 N–H and O–H groups in total. The molecule has 0 bridgehead atoms. The number of aryl methyl sites for hydroxylation is 1. The Morgan fingerprint density at radius 2 is 1.91 bits per heavy atom. The van der Waals surface area contributed by atoms with Crippen molar-refractivity contribution in [3.05, 3.63) is 72.4 Å². The maximum absolute atomic E-state index is 10.8. The molecule has 4 heterocycles. The van der Waals surface area contributed by atoms with Gasteiger partial charge in [-0.1, -0.05) is 37.3 Å². The predicted molar refractivity (Wildman–Crippen MR) is 126 cm³/mol. The minimum atomic E-state index is -0.605. The van der Waals surface area contributed by atoms with Crippen molar-refractivity contribution >= 4 is 17.1 Å². The molecule has 0 aliphatic carbocycles. The monoisotopic (exact) mass is 440 g/mol. The summed E-state index contributed by atoms with van der Waals surface area (Å²) >= 11 is 0. The maximum Gasteiger partial charge on any atom is 0.220 e. The summed E-state index contributed by atoms with van der Waals surface area (Å²) < 4.78 is 1.72. The minimum Gasteiger partial charge on any atom is -0.388 e. The Morgan fingerprint density at radius 3 is 2.67 bits per heavy atom. The van der Waals surface area contributed by atoms with Crippen molar-refractivity contribution in [2.45, 2.75) is 19.4 Å². The Morgan fingerprint density at radius 1 is 1.09 bits per heavy atom. The molecule has 166 valence electrons. The molecule has 0 fully saturated rings. The second kappa shape index (κ2) is 8.44. The van der Waals surface area contributed by atoms with E-state index in [4.69, 9.17) is 10.7 Å². The van der Waals surface area contributed by atoms with Gasteiger partial charge in [0, 0.05) is 36.3 Å². The normalized spacial score (nSPS) is 13.3. The third-order valence-electron chi connectivity index (χ3n) is 5.67. The number of aliphatic hydroxyl groups excluding tert-OH is 1. The van der Waals surface area contributed by atoms with Crippen LogP contribution >= 0.6 is 0 Å². The molecule has 2 unspecified atom stereocenters. The molecule has 9 nitrogen and oxygen atoms in total.